The predicted octanol–water partition coefficient (Wildman–Crippen LogP) is 2.53. The predicted molar refractivity (Wildman–Crippen MR) is 81.1 cm³/mol. The summed E-state index contributed by atoms with van der Waals surface area (Å²) < 4.78 is 5.52. The maximum atomic E-state index is 11.5. The number of esters is 1. The Morgan fingerprint density at radius 2 is 2.24 bits per heavy atom. The summed E-state index contributed by atoms with van der Waals surface area (Å²) in [6.45, 7) is 2.14. The Balaban J connectivity index is 2.06. The van der Waals surface area contributed by atoms with Crippen LogP contribution in [0, 0.1) is 5.92 Å². The fourth-order valence-electron chi connectivity index (χ4n) is 2.56. The first-order valence-corrected chi connectivity index (χ1v) is 7.62. The Kier molecular flexibility index (Phi) is 5.36. The largest absolute Gasteiger partial charge is 0.481 e. The Hall–Kier alpha value is -1.40. The van der Waals surface area contributed by atoms with E-state index >= 15 is 0 Å². The van der Waals surface area contributed by atoms with Crippen molar-refractivity contribution in [2.24, 2.45) is 5.92 Å². The number of ether oxygens (including phenoxy) is 1. The van der Waals surface area contributed by atoms with Gasteiger partial charge in [-0.25, -0.2) is 4.79 Å². The molecule has 0 saturated carbocycles. The molecular formula is C15H18BrNO4. The molecule has 1 heterocycles. The molecule has 1 saturated heterocycles. The summed E-state index contributed by atoms with van der Waals surface area (Å²) in [5, 5.41) is 9.11. The molecule has 1 atom stereocenters. The van der Waals surface area contributed by atoms with Crippen molar-refractivity contribution in [3.63, 3.8) is 0 Å². The minimum atomic E-state index is -0.722. The summed E-state index contributed by atoms with van der Waals surface area (Å²) >= 11 is 3.46. The van der Waals surface area contributed by atoms with Gasteiger partial charge in [0, 0.05) is 17.6 Å². The number of hydrogen-bond donors (Lipinski definition) is 1. The highest BCUT2D eigenvalue weighted by molar-refractivity contribution is 9.10. The molecule has 114 valence electrons. The van der Waals surface area contributed by atoms with E-state index in [-0.39, 0.29) is 11.9 Å². The Bertz CT molecular complexity index is 546. The molecule has 1 aromatic carbocycles. The number of aliphatic carboxylic acids is 1. The van der Waals surface area contributed by atoms with Crippen LogP contribution in [0.25, 0.3) is 0 Å². The third kappa shape index (κ3) is 4.04. The number of halogens is 1. The molecular weight excluding hydrogens is 338 g/mol. The molecule has 1 fully saturated rings. The minimum Gasteiger partial charge on any atom is -0.481 e. The molecule has 21 heavy (non-hydrogen) atoms. The first-order chi connectivity index (χ1) is 10.0. The van der Waals surface area contributed by atoms with Crippen molar-refractivity contribution in [3.8, 4) is 0 Å². The maximum Gasteiger partial charge on any atom is 0.337 e. The molecule has 1 aliphatic rings. The molecule has 0 amide bonds. The number of likely N-dealkylation sites (tertiary alicyclic amines) is 1. The van der Waals surface area contributed by atoms with Crippen molar-refractivity contribution in [1.82, 2.24) is 4.90 Å². The van der Waals surface area contributed by atoms with Crippen molar-refractivity contribution in [3.05, 3.63) is 33.8 Å². The average Bonchev–Trinajstić information content (AvgIpc) is 2.48. The summed E-state index contributed by atoms with van der Waals surface area (Å²) in [6, 6.07) is 5.34. The second kappa shape index (κ2) is 7.04. The second-order valence-electron chi connectivity index (χ2n) is 5.21. The van der Waals surface area contributed by atoms with Gasteiger partial charge in [0.15, 0.2) is 0 Å². The molecule has 2 rings (SSSR count). The zero-order valence-electron chi connectivity index (χ0n) is 11.8. The molecule has 0 spiro atoms. The molecule has 0 bridgehead atoms. The van der Waals surface area contributed by atoms with Gasteiger partial charge in [-0.3, -0.25) is 9.69 Å². The molecule has 6 heteroatoms. The van der Waals surface area contributed by atoms with Crippen LogP contribution in [0.5, 0.6) is 0 Å². The SMILES string of the molecule is COC(=O)c1ccc(CN2CCCC(C(=O)O)C2)c(Br)c1. The van der Waals surface area contributed by atoms with E-state index in [1.807, 2.05) is 6.07 Å². The number of benzene rings is 1. The van der Waals surface area contributed by atoms with E-state index in [0.29, 0.717) is 18.7 Å². The quantitative estimate of drug-likeness (QED) is 0.840. The summed E-state index contributed by atoms with van der Waals surface area (Å²) in [7, 11) is 1.35. The van der Waals surface area contributed by atoms with Crippen LogP contribution in [0.2, 0.25) is 0 Å². The van der Waals surface area contributed by atoms with Gasteiger partial charge < -0.3 is 9.84 Å². The fourth-order valence-corrected chi connectivity index (χ4v) is 3.07. The van der Waals surface area contributed by atoms with Crippen LogP contribution < -0.4 is 0 Å². The normalized spacial score (nSPS) is 19.2. The van der Waals surface area contributed by atoms with Crippen LogP contribution in [0.3, 0.4) is 0 Å². The van der Waals surface area contributed by atoms with Crippen molar-refractivity contribution in [1.29, 1.82) is 0 Å². The Morgan fingerprint density at radius 1 is 1.48 bits per heavy atom. The topological polar surface area (TPSA) is 66.8 Å². The van der Waals surface area contributed by atoms with Gasteiger partial charge in [0.25, 0.3) is 0 Å². The number of nitrogens with zero attached hydrogens (tertiary/aromatic N) is 1. The van der Waals surface area contributed by atoms with Crippen molar-refractivity contribution in [2.45, 2.75) is 19.4 Å². The third-order valence-electron chi connectivity index (χ3n) is 3.72. The van der Waals surface area contributed by atoms with Crippen LogP contribution in [0.1, 0.15) is 28.8 Å². The van der Waals surface area contributed by atoms with Gasteiger partial charge >= 0.3 is 11.9 Å². The molecule has 1 aromatic rings. The second-order valence-corrected chi connectivity index (χ2v) is 6.06. The van der Waals surface area contributed by atoms with Crippen molar-refractivity contribution < 1.29 is 19.4 Å². The summed E-state index contributed by atoms with van der Waals surface area (Å²) in [4.78, 5) is 24.7. The minimum absolute atomic E-state index is 0.285. The first-order valence-electron chi connectivity index (χ1n) is 6.83. The average molecular weight is 356 g/mol. The number of carbonyl (C=O) groups excluding carboxylic acids is 1. The zero-order valence-corrected chi connectivity index (χ0v) is 13.4. The van der Waals surface area contributed by atoms with E-state index in [1.165, 1.54) is 7.11 Å². The highest BCUT2D eigenvalue weighted by Crippen LogP contribution is 2.24. The fraction of sp³-hybridized carbons (Fsp3) is 0.467. The van der Waals surface area contributed by atoms with Crippen LogP contribution >= 0.6 is 15.9 Å². The molecule has 1 aliphatic heterocycles. The molecule has 5 nitrogen and oxygen atoms in total. The number of rotatable bonds is 4. The van der Waals surface area contributed by atoms with Crippen LogP contribution in [-0.4, -0.2) is 42.1 Å². The van der Waals surface area contributed by atoms with Gasteiger partial charge in [-0.15, -0.1) is 0 Å². The van der Waals surface area contributed by atoms with Crippen molar-refractivity contribution in [2.75, 3.05) is 20.2 Å². The van der Waals surface area contributed by atoms with Gasteiger partial charge in [-0.05, 0) is 37.1 Å². The van der Waals surface area contributed by atoms with E-state index < -0.39 is 5.97 Å². The maximum absolute atomic E-state index is 11.5. The first kappa shape index (κ1) is 16.0. The Labute approximate surface area is 132 Å². The van der Waals surface area contributed by atoms with Crippen LogP contribution in [-0.2, 0) is 16.1 Å². The van der Waals surface area contributed by atoms with E-state index in [2.05, 4.69) is 25.6 Å². The number of hydrogen-bond acceptors (Lipinski definition) is 4. The van der Waals surface area contributed by atoms with E-state index in [1.54, 1.807) is 12.1 Å². The summed E-state index contributed by atoms with van der Waals surface area (Å²) in [5.41, 5.74) is 1.53. The molecule has 1 unspecified atom stereocenters. The van der Waals surface area contributed by atoms with E-state index in [0.717, 1.165) is 29.4 Å². The van der Waals surface area contributed by atoms with Gasteiger partial charge in [-0.1, -0.05) is 22.0 Å². The zero-order chi connectivity index (χ0) is 15.4. The number of carboxylic acids is 1. The van der Waals surface area contributed by atoms with Gasteiger partial charge in [0.05, 0.1) is 18.6 Å². The summed E-state index contributed by atoms with van der Waals surface area (Å²) in [6.07, 6.45) is 1.64. The van der Waals surface area contributed by atoms with E-state index in [4.69, 9.17) is 5.11 Å². The molecule has 1 N–H and O–H groups in total. The van der Waals surface area contributed by atoms with Crippen molar-refractivity contribution >= 4 is 27.9 Å². The lowest BCUT2D eigenvalue weighted by molar-refractivity contribution is -0.143. The lowest BCUT2D eigenvalue weighted by Gasteiger charge is -2.30. The molecule has 0 aromatic heterocycles. The van der Waals surface area contributed by atoms with Gasteiger partial charge in [0.1, 0.15) is 0 Å². The number of carboxylic acid groups (broad SMARTS) is 1. The number of piperidine rings is 1. The van der Waals surface area contributed by atoms with E-state index in [9.17, 15) is 9.59 Å². The van der Waals surface area contributed by atoms with Crippen LogP contribution in [0.15, 0.2) is 22.7 Å². The highest BCUT2D eigenvalue weighted by atomic mass is 79.9. The monoisotopic (exact) mass is 355 g/mol. The van der Waals surface area contributed by atoms with Gasteiger partial charge in [-0.2, -0.15) is 0 Å². The smallest absolute Gasteiger partial charge is 0.337 e. The third-order valence-corrected chi connectivity index (χ3v) is 4.46. The lowest BCUT2D eigenvalue weighted by Crippen LogP contribution is -2.38. The highest BCUT2D eigenvalue weighted by Gasteiger charge is 2.25. The van der Waals surface area contributed by atoms with Crippen LogP contribution in [0.4, 0.5) is 0 Å². The summed E-state index contributed by atoms with van der Waals surface area (Å²) in [5.74, 6) is -1.38. The standard InChI is InChI=1S/C15H18BrNO4/c1-21-15(20)10-4-5-11(13(16)7-10)8-17-6-2-3-12(9-17)14(18)19/h4-5,7,12H,2-3,6,8-9H2,1H3,(H,18,19). The molecule has 0 radical (unpaired) electrons. The molecule has 0 aliphatic carbocycles. The Morgan fingerprint density at radius 3 is 2.86 bits per heavy atom. The number of carbonyl (C=O) groups is 2. The number of methoxy groups -OCH3 is 1. The lowest BCUT2D eigenvalue weighted by atomic mass is 9.98. The van der Waals surface area contributed by atoms with Gasteiger partial charge in [0.2, 0.25) is 0 Å².